The van der Waals surface area contributed by atoms with Crippen molar-refractivity contribution >= 4 is 22.4 Å². The van der Waals surface area contributed by atoms with Gasteiger partial charge in [-0.3, -0.25) is 10.1 Å². The number of anilines is 1. The van der Waals surface area contributed by atoms with Gasteiger partial charge in [-0.25, -0.2) is 0 Å². The van der Waals surface area contributed by atoms with E-state index in [1.165, 1.54) is 11.3 Å². The van der Waals surface area contributed by atoms with Gasteiger partial charge in [-0.05, 0) is 31.2 Å². The Morgan fingerprint density at radius 1 is 1.37 bits per heavy atom. The molecule has 0 saturated heterocycles. The van der Waals surface area contributed by atoms with Crippen molar-refractivity contribution in [2.75, 3.05) is 12.4 Å². The van der Waals surface area contributed by atoms with Crippen LogP contribution in [0.2, 0.25) is 0 Å². The molecule has 0 bridgehead atoms. The van der Waals surface area contributed by atoms with E-state index in [4.69, 9.17) is 10.5 Å². The van der Waals surface area contributed by atoms with Crippen molar-refractivity contribution in [2.45, 2.75) is 13.0 Å². The molecule has 6 nitrogen and oxygen atoms in total. The predicted molar refractivity (Wildman–Crippen MR) is 74.2 cm³/mol. The van der Waals surface area contributed by atoms with Crippen molar-refractivity contribution in [3.63, 3.8) is 0 Å². The summed E-state index contributed by atoms with van der Waals surface area (Å²) in [5, 5.41) is 11.7. The van der Waals surface area contributed by atoms with Gasteiger partial charge < -0.3 is 10.5 Å². The molecule has 100 valence electrons. The fraction of sp³-hybridized carbons (Fsp3) is 0.250. The monoisotopic (exact) mass is 278 g/mol. The molecule has 0 unspecified atom stereocenters. The molecule has 0 radical (unpaired) electrons. The highest BCUT2D eigenvalue weighted by Gasteiger charge is 2.12. The minimum Gasteiger partial charge on any atom is -0.497 e. The van der Waals surface area contributed by atoms with E-state index in [-0.39, 0.29) is 5.91 Å². The maximum absolute atomic E-state index is 11.4. The van der Waals surface area contributed by atoms with E-state index in [1.54, 1.807) is 14.0 Å². The quantitative estimate of drug-likeness (QED) is 0.884. The fourth-order valence-electron chi connectivity index (χ4n) is 1.34. The van der Waals surface area contributed by atoms with Crippen molar-refractivity contribution in [3.05, 3.63) is 24.3 Å². The van der Waals surface area contributed by atoms with Gasteiger partial charge in [-0.2, -0.15) is 0 Å². The second kappa shape index (κ2) is 5.77. The van der Waals surface area contributed by atoms with E-state index in [2.05, 4.69) is 15.5 Å². The number of nitrogens with one attached hydrogen (secondary N) is 1. The Morgan fingerprint density at radius 3 is 2.63 bits per heavy atom. The maximum atomic E-state index is 11.4. The zero-order valence-electron chi connectivity index (χ0n) is 10.6. The molecule has 0 spiro atoms. The van der Waals surface area contributed by atoms with Crippen LogP contribution in [0.5, 0.6) is 5.75 Å². The van der Waals surface area contributed by atoms with E-state index in [0.29, 0.717) is 5.13 Å². The lowest BCUT2D eigenvalue weighted by atomic mass is 10.2. The molecule has 2 aromatic rings. The molecular weight excluding hydrogens is 264 g/mol. The SMILES string of the molecule is COc1ccc(-c2nnc(NC(=O)[C@@H](C)N)s2)cc1. The lowest BCUT2D eigenvalue weighted by Gasteiger charge is -2.02. The average Bonchev–Trinajstić information content (AvgIpc) is 2.87. The number of ether oxygens (including phenoxy) is 1. The Bertz CT molecular complexity index is 565. The molecule has 19 heavy (non-hydrogen) atoms. The van der Waals surface area contributed by atoms with Crippen molar-refractivity contribution in [1.82, 2.24) is 10.2 Å². The number of hydrogen-bond donors (Lipinski definition) is 2. The van der Waals surface area contributed by atoms with Gasteiger partial charge in [0.1, 0.15) is 10.8 Å². The van der Waals surface area contributed by atoms with E-state index in [0.717, 1.165) is 16.3 Å². The second-order valence-electron chi connectivity index (χ2n) is 3.92. The second-order valence-corrected chi connectivity index (χ2v) is 4.90. The number of aromatic nitrogens is 2. The van der Waals surface area contributed by atoms with Crippen molar-refractivity contribution < 1.29 is 9.53 Å². The number of rotatable bonds is 4. The van der Waals surface area contributed by atoms with Crippen LogP contribution in [0.15, 0.2) is 24.3 Å². The first-order valence-corrected chi connectivity index (χ1v) is 6.46. The highest BCUT2D eigenvalue weighted by Crippen LogP contribution is 2.27. The number of carbonyl (C=O) groups excluding carboxylic acids is 1. The maximum Gasteiger partial charge on any atom is 0.242 e. The van der Waals surface area contributed by atoms with Gasteiger partial charge in [0.25, 0.3) is 0 Å². The molecule has 3 N–H and O–H groups in total. The lowest BCUT2D eigenvalue weighted by molar-refractivity contribution is -0.117. The summed E-state index contributed by atoms with van der Waals surface area (Å²) in [5.41, 5.74) is 6.38. The van der Waals surface area contributed by atoms with E-state index in [1.807, 2.05) is 24.3 Å². The highest BCUT2D eigenvalue weighted by atomic mass is 32.1. The van der Waals surface area contributed by atoms with Crippen LogP contribution < -0.4 is 15.8 Å². The molecule has 1 aromatic carbocycles. The van der Waals surface area contributed by atoms with Crippen LogP contribution in [0.3, 0.4) is 0 Å². The van der Waals surface area contributed by atoms with Gasteiger partial charge in [0.05, 0.1) is 13.2 Å². The van der Waals surface area contributed by atoms with E-state index < -0.39 is 6.04 Å². The number of carbonyl (C=O) groups is 1. The van der Waals surface area contributed by atoms with Crippen LogP contribution >= 0.6 is 11.3 Å². The van der Waals surface area contributed by atoms with Gasteiger partial charge in [0.15, 0.2) is 0 Å². The third-order valence-corrected chi connectivity index (χ3v) is 3.29. The van der Waals surface area contributed by atoms with Crippen LogP contribution in [0.25, 0.3) is 10.6 Å². The number of nitrogens with zero attached hydrogens (tertiary/aromatic N) is 2. The molecule has 1 amide bonds. The molecule has 1 atom stereocenters. The summed E-state index contributed by atoms with van der Waals surface area (Å²) in [6, 6.07) is 6.88. The Kier molecular flexibility index (Phi) is 4.08. The fourth-order valence-corrected chi connectivity index (χ4v) is 2.10. The van der Waals surface area contributed by atoms with Crippen LogP contribution in [0.1, 0.15) is 6.92 Å². The van der Waals surface area contributed by atoms with Gasteiger partial charge in [0, 0.05) is 5.56 Å². The van der Waals surface area contributed by atoms with Crippen LogP contribution in [0, 0.1) is 0 Å². The van der Waals surface area contributed by atoms with Gasteiger partial charge in [-0.15, -0.1) is 10.2 Å². The zero-order chi connectivity index (χ0) is 13.8. The number of benzene rings is 1. The molecule has 0 aliphatic rings. The predicted octanol–water partition coefficient (Wildman–Crippen LogP) is 1.50. The van der Waals surface area contributed by atoms with E-state index >= 15 is 0 Å². The minimum atomic E-state index is -0.576. The largest absolute Gasteiger partial charge is 0.497 e. The Balaban J connectivity index is 2.13. The van der Waals surface area contributed by atoms with Crippen LogP contribution in [0.4, 0.5) is 5.13 Å². The van der Waals surface area contributed by atoms with Crippen molar-refractivity contribution in [3.8, 4) is 16.3 Å². The molecule has 0 aliphatic carbocycles. The standard InChI is InChI=1S/C12H14N4O2S/c1-7(13)10(17)14-12-16-15-11(19-12)8-3-5-9(18-2)6-4-8/h3-7H,13H2,1-2H3,(H,14,16,17)/t7-/m1/s1. The third kappa shape index (κ3) is 3.27. The summed E-state index contributed by atoms with van der Waals surface area (Å²) in [7, 11) is 1.61. The molecule has 1 heterocycles. The Labute approximate surface area is 114 Å². The molecule has 0 fully saturated rings. The number of amides is 1. The highest BCUT2D eigenvalue weighted by molar-refractivity contribution is 7.18. The Morgan fingerprint density at radius 2 is 2.05 bits per heavy atom. The summed E-state index contributed by atoms with van der Waals surface area (Å²) in [6.45, 7) is 1.61. The summed E-state index contributed by atoms with van der Waals surface area (Å²) in [6.07, 6.45) is 0. The molecule has 2 rings (SSSR count). The number of nitrogens with two attached hydrogens (primary N) is 1. The van der Waals surface area contributed by atoms with Crippen molar-refractivity contribution in [2.24, 2.45) is 5.73 Å². The molecule has 0 aliphatic heterocycles. The average molecular weight is 278 g/mol. The summed E-state index contributed by atoms with van der Waals surface area (Å²) in [5.74, 6) is 0.496. The number of methoxy groups -OCH3 is 1. The normalized spacial score (nSPS) is 11.9. The summed E-state index contributed by atoms with van der Waals surface area (Å²) in [4.78, 5) is 11.4. The first-order valence-electron chi connectivity index (χ1n) is 5.64. The van der Waals surface area contributed by atoms with E-state index in [9.17, 15) is 4.79 Å². The number of hydrogen-bond acceptors (Lipinski definition) is 6. The molecule has 1 aromatic heterocycles. The zero-order valence-corrected chi connectivity index (χ0v) is 11.4. The summed E-state index contributed by atoms with van der Waals surface area (Å²) >= 11 is 1.29. The molecule has 7 heteroatoms. The van der Waals surface area contributed by atoms with Gasteiger partial charge >= 0.3 is 0 Å². The van der Waals surface area contributed by atoms with Crippen LogP contribution in [-0.2, 0) is 4.79 Å². The first-order chi connectivity index (χ1) is 9.10. The molecular formula is C12H14N4O2S. The first kappa shape index (κ1) is 13.4. The summed E-state index contributed by atoms with van der Waals surface area (Å²) < 4.78 is 5.09. The van der Waals surface area contributed by atoms with Crippen molar-refractivity contribution in [1.29, 1.82) is 0 Å². The van der Waals surface area contributed by atoms with Gasteiger partial charge in [-0.1, -0.05) is 11.3 Å². The lowest BCUT2D eigenvalue weighted by Crippen LogP contribution is -2.32. The topological polar surface area (TPSA) is 90.1 Å². The molecule has 0 saturated carbocycles. The van der Waals surface area contributed by atoms with Crippen LogP contribution in [-0.4, -0.2) is 29.3 Å². The smallest absolute Gasteiger partial charge is 0.242 e. The minimum absolute atomic E-state index is 0.280. The van der Waals surface area contributed by atoms with Gasteiger partial charge in [0.2, 0.25) is 11.0 Å². The third-order valence-electron chi connectivity index (χ3n) is 2.41. The Hall–Kier alpha value is -1.99.